The van der Waals surface area contributed by atoms with Crippen molar-refractivity contribution < 1.29 is 9.90 Å². The summed E-state index contributed by atoms with van der Waals surface area (Å²) in [5, 5.41) is 9.22. The molecule has 3 nitrogen and oxygen atoms in total. The average Bonchev–Trinajstić information content (AvgIpc) is 2.31. The molecule has 17 heavy (non-hydrogen) atoms. The molecule has 0 saturated heterocycles. The van der Waals surface area contributed by atoms with Gasteiger partial charge in [0.2, 0.25) is 5.91 Å². The molecule has 0 saturated carbocycles. The van der Waals surface area contributed by atoms with Crippen LogP contribution < -0.4 is 0 Å². The number of aliphatic hydroxyl groups excluding tert-OH is 1. The summed E-state index contributed by atoms with van der Waals surface area (Å²) >= 11 is 0. The summed E-state index contributed by atoms with van der Waals surface area (Å²) in [6, 6.07) is 7.93. The van der Waals surface area contributed by atoms with E-state index in [0.29, 0.717) is 6.42 Å². The molecule has 94 valence electrons. The maximum Gasteiger partial charge on any atom is 0.227 e. The van der Waals surface area contributed by atoms with Crippen LogP contribution in [0.2, 0.25) is 0 Å². The van der Waals surface area contributed by atoms with Crippen molar-refractivity contribution in [2.45, 2.75) is 32.7 Å². The monoisotopic (exact) mass is 235 g/mol. The van der Waals surface area contributed by atoms with Gasteiger partial charge in [0, 0.05) is 7.05 Å². The Hall–Kier alpha value is -1.35. The fraction of sp³-hybridized carbons (Fsp3) is 0.500. The van der Waals surface area contributed by atoms with E-state index in [1.807, 2.05) is 45.0 Å². The van der Waals surface area contributed by atoms with Gasteiger partial charge in [-0.25, -0.2) is 0 Å². The molecule has 0 aromatic heterocycles. The SMILES string of the molecule is Cc1ccc(CC(=O)N(C)C(C)(C)CO)cc1. The maximum absolute atomic E-state index is 12.0. The van der Waals surface area contributed by atoms with Gasteiger partial charge in [-0.2, -0.15) is 0 Å². The first kappa shape index (κ1) is 13.7. The molecule has 0 atom stereocenters. The normalized spacial score (nSPS) is 11.4. The zero-order valence-corrected chi connectivity index (χ0v) is 11.0. The summed E-state index contributed by atoms with van der Waals surface area (Å²) < 4.78 is 0. The van der Waals surface area contributed by atoms with Gasteiger partial charge in [0.05, 0.1) is 18.6 Å². The van der Waals surface area contributed by atoms with Gasteiger partial charge in [0.1, 0.15) is 0 Å². The molecule has 0 radical (unpaired) electrons. The van der Waals surface area contributed by atoms with Crippen molar-refractivity contribution in [3.05, 3.63) is 35.4 Å². The van der Waals surface area contributed by atoms with Crippen molar-refractivity contribution in [3.8, 4) is 0 Å². The van der Waals surface area contributed by atoms with Crippen LogP contribution in [-0.4, -0.2) is 35.1 Å². The summed E-state index contributed by atoms with van der Waals surface area (Å²) in [5.74, 6) is 0.0212. The average molecular weight is 235 g/mol. The van der Waals surface area contributed by atoms with Gasteiger partial charge in [-0.3, -0.25) is 4.79 Å². The molecule has 0 aliphatic rings. The summed E-state index contributed by atoms with van der Waals surface area (Å²) in [6.07, 6.45) is 0.375. The summed E-state index contributed by atoms with van der Waals surface area (Å²) in [7, 11) is 1.73. The molecule has 0 aliphatic heterocycles. The summed E-state index contributed by atoms with van der Waals surface area (Å²) in [5.41, 5.74) is 1.67. The molecule has 0 fully saturated rings. The van der Waals surface area contributed by atoms with E-state index in [4.69, 9.17) is 0 Å². The van der Waals surface area contributed by atoms with Crippen molar-refractivity contribution >= 4 is 5.91 Å². The predicted octanol–water partition coefficient (Wildman–Crippen LogP) is 1.77. The Morgan fingerprint density at radius 2 is 1.82 bits per heavy atom. The first-order valence-electron chi connectivity index (χ1n) is 5.80. The Morgan fingerprint density at radius 1 is 1.29 bits per heavy atom. The van der Waals surface area contributed by atoms with Crippen molar-refractivity contribution in [2.75, 3.05) is 13.7 Å². The molecule has 0 bridgehead atoms. The molecule has 0 heterocycles. The number of hydrogen-bond acceptors (Lipinski definition) is 2. The number of likely N-dealkylation sites (N-methyl/N-ethyl adjacent to an activating group) is 1. The van der Waals surface area contributed by atoms with Crippen LogP contribution in [0.25, 0.3) is 0 Å². The van der Waals surface area contributed by atoms with Gasteiger partial charge in [0.15, 0.2) is 0 Å². The van der Waals surface area contributed by atoms with E-state index >= 15 is 0 Å². The highest BCUT2D eigenvalue weighted by molar-refractivity contribution is 5.79. The zero-order chi connectivity index (χ0) is 13.1. The van der Waals surface area contributed by atoms with Gasteiger partial charge in [-0.1, -0.05) is 29.8 Å². The Bertz CT molecular complexity index is 382. The van der Waals surface area contributed by atoms with E-state index in [9.17, 15) is 9.90 Å². The predicted molar refractivity (Wildman–Crippen MR) is 68.8 cm³/mol. The summed E-state index contributed by atoms with van der Waals surface area (Å²) in [6.45, 7) is 5.68. The molecule has 0 aliphatic carbocycles. The minimum absolute atomic E-state index is 0.0212. The third-order valence-electron chi connectivity index (χ3n) is 3.14. The van der Waals surface area contributed by atoms with Crippen LogP contribution in [0.5, 0.6) is 0 Å². The van der Waals surface area contributed by atoms with Crippen LogP contribution in [0.15, 0.2) is 24.3 Å². The standard InChI is InChI=1S/C14H21NO2/c1-11-5-7-12(8-6-11)9-13(17)15(4)14(2,3)10-16/h5-8,16H,9-10H2,1-4H3. The quantitative estimate of drug-likeness (QED) is 0.864. The topological polar surface area (TPSA) is 40.5 Å². The number of amides is 1. The minimum Gasteiger partial charge on any atom is -0.394 e. The van der Waals surface area contributed by atoms with E-state index in [1.54, 1.807) is 11.9 Å². The molecular formula is C14H21NO2. The van der Waals surface area contributed by atoms with Crippen molar-refractivity contribution in [2.24, 2.45) is 0 Å². The number of aliphatic hydroxyl groups is 1. The van der Waals surface area contributed by atoms with Gasteiger partial charge in [-0.15, -0.1) is 0 Å². The van der Waals surface area contributed by atoms with Crippen LogP contribution in [0, 0.1) is 6.92 Å². The van der Waals surface area contributed by atoms with Gasteiger partial charge in [-0.05, 0) is 26.3 Å². The number of carbonyl (C=O) groups is 1. The van der Waals surface area contributed by atoms with E-state index in [0.717, 1.165) is 5.56 Å². The highest BCUT2D eigenvalue weighted by atomic mass is 16.3. The third kappa shape index (κ3) is 3.56. The highest BCUT2D eigenvalue weighted by Gasteiger charge is 2.26. The Balaban J connectivity index is 2.69. The Kier molecular flexibility index (Phi) is 4.29. The fourth-order valence-corrected chi connectivity index (χ4v) is 1.44. The molecule has 1 amide bonds. The van der Waals surface area contributed by atoms with E-state index in [2.05, 4.69) is 0 Å². The first-order chi connectivity index (χ1) is 7.86. The number of rotatable bonds is 4. The third-order valence-corrected chi connectivity index (χ3v) is 3.14. The van der Waals surface area contributed by atoms with E-state index < -0.39 is 5.54 Å². The smallest absolute Gasteiger partial charge is 0.227 e. The van der Waals surface area contributed by atoms with Crippen LogP contribution in [0.1, 0.15) is 25.0 Å². The molecular weight excluding hydrogens is 214 g/mol. The molecule has 1 aromatic rings. The number of nitrogens with zero attached hydrogens (tertiary/aromatic N) is 1. The van der Waals surface area contributed by atoms with Crippen LogP contribution in [-0.2, 0) is 11.2 Å². The second kappa shape index (κ2) is 5.32. The lowest BCUT2D eigenvalue weighted by Crippen LogP contribution is -2.48. The first-order valence-corrected chi connectivity index (χ1v) is 5.80. The number of aryl methyl sites for hydroxylation is 1. The zero-order valence-electron chi connectivity index (χ0n) is 11.0. The molecule has 1 aromatic carbocycles. The molecule has 3 heteroatoms. The lowest BCUT2D eigenvalue weighted by atomic mass is 10.0. The van der Waals surface area contributed by atoms with Crippen LogP contribution >= 0.6 is 0 Å². The maximum atomic E-state index is 12.0. The van der Waals surface area contributed by atoms with E-state index in [1.165, 1.54) is 5.56 Å². The van der Waals surface area contributed by atoms with E-state index in [-0.39, 0.29) is 12.5 Å². The second-order valence-corrected chi connectivity index (χ2v) is 5.09. The van der Waals surface area contributed by atoms with Crippen molar-refractivity contribution in [1.82, 2.24) is 4.90 Å². The fourth-order valence-electron chi connectivity index (χ4n) is 1.44. The lowest BCUT2D eigenvalue weighted by Gasteiger charge is -2.34. The molecule has 0 spiro atoms. The molecule has 1 rings (SSSR count). The Morgan fingerprint density at radius 3 is 2.29 bits per heavy atom. The highest BCUT2D eigenvalue weighted by Crippen LogP contribution is 2.13. The largest absolute Gasteiger partial charge is 0.394 e. The second-order valence-electron chi connectivity index (χ2n) is 5.09. The van der Waals surface area contributed by atoms with Gasteiger partial charge < -0.3 is 10.0 Å². The Labute approximate surface area is 103 Å². The molecule has 1 N–H and O–H groups in total. The number of benzene rings is 1. The van der Waals surface area contributed by atoms with Gasteiger partial charge in [0.25, 0.3) is 0 Å². The van der Waals surface area contributed by atoms with Crippen LogP contribution in [0.3, 0.4) is 0 Å². The minimum atomic E-state index is -0.512. The number of carbonyl (C=O) groups excluding carboxylic acids is 1. The summed E-state index contributed by atoms with van der Waals surface area (Å²) in [4.78, 5) is 13.6. The van der Waals surface area contributed by atoms with Crippen molar-refractivity contribution in [3.63, 3.8) is 0 Å². The lowest BCUT2D eigenvalue weighted by molar-refractivity contribution is -0.135. The van der Waals surface area contributed by atoms with Gasteiger partial charge >= 0.3 is 0 Å². The van der Waals surface area contributed by atoms with Crippen LogP contribution in [0.4, 0.5) is 0 Å². The molecule has 0 unspecified atom stereocenters. The number of hydrogen-bond donors (Lipinski definition) is 1. The van der Waals surface area contributed by atoms with Crippen molar-refractivity contribution in [1.29, 1.82) is 0 Å².